The van der Waals surface area contributed by atoms with Crippen molar-refractivity contribution in [2.24, 2.45) is 0 Å². The van der Waals surface area contributed by atoms with Crippen molar-refractivity contribution in [3.05, 3.63) is 89.0 Å². The molecule has 0 fully saturated rings. The van der Waals surface area contributed by atoms with Gasteiger partial charge in [-0.1, -0.05) is 18.2 Å². The maximum Gasteiger partial charge on any atom is 0.174 e. The van der Waals surface area contributed by atoms with Gasteiger partial charge < -0.3 is 44.8 Å². The van der Waals surface area contributed by atoms with Gasteiger partial charge in [0.15, 0.2) is 23.1 Å². The third-order valence-corrected chi connectivity index (χ3v) is 6.81. The number of carbonyl (C=O) groups excluding carboxylic acids is 2. The topological polar surface area (TPSA) is 183 Å². The van der Waals surface area contributed by atoms with Crippen LogP contribution in [0.5, 0.6) is 51.7 Å². The van der Waals surface area contributed by atoms with Crippen molar-refractivity contribution in [1.82, 2.24) is 0 Å². The van der Waals surface area contributed by atoms with Crippen molar-refractivity contribution < 1.29 is 54.4 Å². The zero-order valence-electron chi connectivity index (χ0n) is 22.1. The Morgan fingerprint density at radius 3 is 1.55 bits per heavy atom. The van der Waals surface area contributed by atoms with Crippen molar-refractivity contribution in [2.45, 2.75) is 25.0 Å². The van der Waals surface area contributed by atoms with E-state index in [9.17, 15) is 40.2 Å². The number of phenols is 6. The Kier molecular flexibility index (Phi) is 7.41. The highest BCUT2D eigenvalue weighted by Gasteiger charge is 2.32. The van der Waals surface area contributed by atoms with E-state index in [4.69, 9.17) is 14.2 Å². The molecule has 4 aromatic rings. The lowest BCUT2D eigenvalue weighted by Crippen LogP contribution is -2.20. The molecule has 6 rings (SSSR count). The van der Waals surface area contributed by atoms with Crippen LogP contribution in [0.4, 0.5) is 0 Å². The molecule has 4 aromatic carbocycles. The Morgan fingerprint density at radius 2 is 1.07 bits per heavy atom. The van der Waals surface area contributed by atoms with E-state index >= 15 is 0 Å². The molecule has 11 heteroatoms. The number of rotatable bonds is 3. The molecule has 0 radical (unpaired) electrons. The van der Waals surface area contributed by atoms with Gasteiger partial charge in [-0.05, 0) is 35.4 Å². The fourth-order valence-corrected chi connectivity index (χ4v) is 4.82. The van der Waals surface area contributed by atoms with Crippen molar-refractivity contribution in [3.8, 4) is 51.7 Å². The molecule has 0 spiro atoms. The van der Waals surface area contributed by atoms with Gasteiger partial charge in [0, 0.05) is 24.3 Å². The first-order valence-electron chi connectivity index (χ1n) is 12.7. The Hall–Kier alpha value is -5.58. The first-order valence-corrected chi connectivity index (χ1v) is 12.7. The number of carbonyl (C=O) groups is 2. The van der Waals surface area contributed by atoms with Crippen LogP contribution < -0.4 is 14.2 Å². The summed E-state index contributed by atoms with van der Waals surface area (Å²) in [6, 6.07) is 15.9. The molecule has 0 aromatic heterocycles. The predicted molar refractivity (Wildman–Crippen MR) is 147 cm³/mol. The minimum Gasteiger partial charge on any atom is -0.508 e. The van der Waals surface area contributed by atoms with Crippen LogP contribution >= 0.6 is 0 Å². The van der Waals surface area contributed by atoms with Gasteiger partial charge in [0.2, 0.25) is 0 Å². The number of hydrogen-bond acceptors (Lipinski definition) is 11. The van der Waals surface area contributed by atoms with Gasteiger partial charge in [-0.25, -0.2) is 0 Å². The number of fused-ring (bicyclic) bond motifs is 2. The van der Waals surface area contributed by atoms with Crippen molar-refractivity contribution in [3.63, 3.8) is 0 Å². The number of benzene rings is 4. The quantitative estimate of drug-likeness (QED) is 0.193. The van der Waals surface area contributed by atoms with Crippen LogP contribution in [0.1, 0.15) is 56.9 Å². The number of aromatic hydroxyl groups is 6. The lowest BCUT2D eigenvalue weighted by molar-refractivity contribution is 0.0834. The van der Waals surface area contributed by atoms with E-state index < -0.39 is 12.2 Å². The number of ketones is 2. The summed E-state index contributed by atoms with van der Waals surface area (Å²) in [6.45, 7) is 0. The van der Waals surface area contributed by atoms with E-state index in [1.54, 1.807) is 24.3 Å². The SMILES string of the molecule is COc1ccc([C@@H]2CC(=O)c3c(O)cc(O)cc3O2)cc1O.O=C1C[C@@H](c2ccc(O)cc2)Oc2cc(O)cc(O)c21. The second-order valence-corrected chi connectivity index (χ2v) is 9.67. The molecular formula is C31H26O11. The fraction of sp³-hybridized carbons (Fsp3) is 0.161. The van der Waals surface area contributed by atoms with E-state index in [-0.39, 0.29) is 81.5 Å². The average molecular weight is 575 g/mol. The Bertz CT molecular complexity index is 1680. The molecule has 11 nitrogen and oxygen atoms in total. The van der Waals surface area contributed by atoms with E-state index in [1.165, 1.54) is 37.4 Å². The van der Waals surface area contributed by atoms with Crippen LogP contribution in [0.2, 0.25) is 0 Å². The summed E-state index contributed by atoms with van der Waals surface area (Å²) >= 11 is 0. The van der Waals surface area contributed by atoms with Crippen LogP contribution in [0.15, 0.2) is 66.7 Å². The van der Waals surface area contributed by atoms with Crippen molar-refractivity contribution in [1.29, 1.82) is 0 Å². The second kappa shape index (κ2) is 11.1. The number of hydrogen-bond donors (Lipinski definition) is 6. The normalized spacial score (nSPS) is 17.1. The fourth-order valence-electron chi connectivity index (χ4n) is 4.82. The highest BCUT2D eigenvalue weighted by atomic mass is 16.5. The third kappa shape index (κ3) is 5.52. The van der Waals surface area contributed by atoms with Gasteiger partial charge in [0.1, 0.15) is 63.6 Å². The zero-order chi connectivity index (χ0) is 30.1. The first-order chi connectivity index (χ1) is 20.0. The third-order valence-electron chi connectivity index (χ3n) is 6.81. The molecule has 0 saturated heterocycles. The molecule has 42 heavy (non-hydrogen) atoms. The average Bonchev–Trinajstić information content (AvgIpc) is 2.92. The predicted octanol–water partition coefficient (Wildman–Crippen LogP) is 5.03. The van der Waals surface area contributed by atoms with Gasteiger partial charge >= 0.3 is 0 Å². The summed E-state index contributed by atoms with van der Waals surface area (Å²) in [5.74, 6) is -0.812. The summed E-state index contributed by atoms with van der Waals surface area (Å²) in [4.78, 5) is 24.3. The minimum atomic E-state index is -0.613. The highest BCUT2D eigenvalue weighted by molar-refractivity contribution is 6.03. The Morgan fingerprint density at radius 1 is 0.595 bits per heavy atom. The monoisotopic (exact) mass is 574 g/mol. The number of methoxy groups -OCH3 is 1. The Balaban J connectivity index is 0.000000169. The number of Topliss-reactive ketones (excluding diaryl/α,β-unsaturated/α-hetero) is 2. The molecule has 6 N–H and O–H groups in total. The van der Waals surface area contributed by atoms with Crippen molar-refractivity contribution in [2.75, 3.05) is 7.11 Å². The van der Waals surface area contributed by atoms with Crippen LogP contribution in [0, 0.1) is 0 Å². The highest BCUT2D eigenvalue weighted by Crippen LogP contribution is 2.43. The van der Waals surface area contributed by atoms with Crippen LogP contribution in [0.25, 0.3) is 0 Å². The molecule has 0 saturated carbocycles. The molecule has 0 amide bonds. The molecule has 0 aliphatic carbocycles. The molecule has 2 aliphatic heterocycles. The van der Waals surface area contributed by atoms with Gasteiger partial charge in [0.25, 0.3) is 0 Å². The molecule has 216 valence electrons. The summed E-state index contributed by atoms with van der Waals surface area (Å²) < 4.78 is 16.3. The van der Waals surface area contributed by atoms with Crippen LogP contribution in [0.3, 0.4) is 0 Å². The van der Waals surface area contributed by atoms with Gasteiger partial charge in [-0.2, -0.15) is 0 Å². The molecule has 2 atom stereocenters. The van der Waals surface area contributed by atoms with E-state index in [1.807, 2.05) is 0 Å². The molecule has 2 heterocycles. The van der Waals surface area contributed by atoms with E-state index in [2.05, 4.69) is 0 Å². The Labute approximate surface area is 239 Å². The number of phenolic OH excluding ortho intramolecular Hbond substituents is 6. The second-order valence-electron chi connectivity index (χ2n) is 9.67. The molecule has 0 unspecified atom stereocenters. The summed E-state index contributed by atoms with van der Waals surface area (Å²) in [5, 5.41) is 57.5. The maximum absolute atomic E-state index is 12.2. The van der Waals surface area contributed by atoms with Gasteiger partial charge in [0.05, 0.1) is 20.0 Å². The maximum atomic E-state index is 12.2. The lowest BCUT2D eigenvalue weighted by Gasteiger charge is -2.26. The minimum absolute atomic E-state index is 0.0249. The molecule has 0 bridgehead atoms. The van der Waals surface area contributed by atoms with Crippen molar-refractivity contribution >= 4 is 11.6 Å². The first kappa shape index (κ1) is 28.0. The smallest absolute Gasteiger partial charge is 0.174 e. The van der Waals surface area contributed by atoms with Gasteiger partial charge in [-0.3, -0.25) is 9.59 Å². The van der Waals surface area contributed by atoms with Crippen LogP contribution in [-0.4, -0.2) is 49.3 Å². The van der Waals surface area contributed by atoms with Crippen LogP contribution in [-0.2, 0) is 0 Å². The summed E-state index contributed by atoms with van der Waals surface area (Å²) in [7, 11) is 1.44. The van der Waals surface area contributed by atoms with Gasteiger partial charge in [-0.15, -0.1) is 0 Å². The summed E-state index contributed by atoms with van der Waals surface area (Å²) in [5.41, 5.74) is 1.49. The zero-order valence-corrected chi connectivity index (χ0v) is 22.1. The lowest BCUT2D eigenvalue weighted by atomic mass is 9.95. The van der Waals surface area contributed by atoms with E-state index in [0.717, 1.165) is 17.7 Å². The summed E-state index contributed by atoms with van der Waals surface area (Å²) in [6.07, 6.45) is -0.998. The molecule has 2 aliphatic rings. The largest absolute Gasteiger partial charge is 0.508 e. The number of ether oxygens (including phenoxy) is 3. The van der Waals surface area contributed by atoms with E-state index in [0.29, 0.717) is 11.3 Å². The standard InChI is InChI=1S/C16H14O6.C15H12O5/c1-21-13-3-2-8(4-10(13)18)14-7-12(20)16-11(19)5-9(17)6-15(16)22-14;16-9-3-1-8(2-4-9)13-7-12(19)15-11(18)5-10(17)6-14(15)20-13/h2-6,14,17-19H,7H2,1H3;1-6,13,16-18H,7H2/t14-;13-/m00/s1. The molecular weight excluding hydrogens is 548 g/mol.